The Morgan fingerprint density at radius 2 is 2.20 bits per heavy atom. The first-order chi connectivity index (χ1) is 7.20. The summed E-state index contributed by atoms with van der Waals surface area (Å²) in [6, 6.07) is 0.697. The standard InChI is InChI=1S/C12H26N2O/c1-11(2)10-15-9-8-14-7-6-13-5-4-12(14)3/h11-13H,4-10H2,1-3H3. The number of hydrogen-bond acceptors (Lipinski definition) is 3. The van der Waals surface area contributed by atoms with E-state index in [-0.39, 0.29) is 0 Å². The molecule has 0 amide bonds. The summed E-state index contributed by atoms with van der Waals surface area (Å²) in [5, 5.41) is 3.43. The molecule has 1 heterocycles. The highest BCUT2D eigenvalue weighted by molar-refractivity contribution is 4.73. The second-order valence-electron chi connectivity index (χ2n) is 4.89. The van der Waals surface area contributed by atoms with E-state index in [4.69, 9.17) is 4.74 Å². The Balaban J connectivity index is 2.12. The molecule has 0 aromatic rings. The van der Waals surface area contributed by atoms with E-state index in [2.05, 4.69) is 31.0 Å². The molecular formula is C12H26N2O. The van der Waals surface area contributed by atoms with Gasteiger partial charge >= 0.3 is 0 Å². The first-order valence-corrected chi connectivity index (χ1v) is 6.22. The molecular weight excluding hydrogens is 188 g/mol. The van der Waals surface area contributed by atoms with E-state index >= 15 is 0 Å². The Morgan fingerprint density at radius 1 is 1.40 bits per heavy atom. The molecule has 0 aromatic heterocycles. The molecule has 0 radical (unpaired) electrons. The SMILES string of the molecule is CC(C)COCCN1CCNCCC1C. The molecule has 0 spiro atoms. The summed E-state index contributed by atoms with van der Waals surface area (Å²) in [6.07, 6.45) is 1.25. The predicted octanol–water partition coefficient (Wildman–Crippen LogP) is 1.34. The van der Waals surface area contributed by atoms with Crippen molar-refractivity contribution in [2.75, 3.05) is 39.4 Å². The fourth-order valence-corrected chi connectivity index (χ4v) is 1.89. The largest absolute Gasteiger partial charge is 0.380 e. The molecule has 0 bridgehead atoms. The maximum atomic E-state index is 5.62. The number of hydrogen-bond donors (Lipinski definition) is 1. The first-order valence-electron chi connectivity index (χ1n) is 6.22. The van der Waals surface area contributed by atoms with Crippen molar-refractivity contribution in [3.8, 4) is 0 Å². The van der Waals surface area contributed by atoms with Crippen molar-refractivity contribution in [3.63, 3.8) is 0 Å². The highest BCUT2D eigenvalue weighted by Gasteiger charge is 2.15. The Kier molecular flexibility index (Phi) is 6.22. The molecule has 1 saturated heterocycles. The van der Waals surface area contributed by atoms with Gasteiger partial charge in [0, 0.05) is 32.3 Å². The van der Waals surface area contributed by atoms with Crippen LogP contribution in [-0.2, 0) is 4.74 Å². The molecule has 3 nitrogen and oxygen atoms in total. The first kappa shape index (κ1) is 12.9. The summed E-state index contributed by atoms with van der Waals surface area (Å²) < 4.78 is 5.62. The van der Waals surface area contributed by atoms with Gasteiger partial charge in [-0.15, -0.1) is 0 Å². The zero-order valence-corrected chi connectivity index (χ0v) is 10.5. The van der Waals surface area contributed by atoms with Gasteiger partial charge in [0.2, 0.25) is 0 Å². The minimum absolute atomic E-state index is 0.647. The zero-order valence-electron chi connectivity index (χ0n) is 10.5. The molecule has 0 aliphatic carbocycles. The molecule has 1 fully saturated rings. The third-order valence-electron chi connectivity index (χ3n) is 2.91. The quantitative estimate of drug-likeness (QED) is 0.699. The molecule has 0 saturated carbocycles. The van der Waals surface area contributed by atoms with E-state index in [1.807, 2.05) is 0 Å². The lowest BCUT2D eigenvalue weighted by molar-refractivity contribution is 0.0765. The van der Waals surface area contributed by atoms with Crippen LogP contribution in [0.3, 0.4) is 0 Å². The summed E-state index contributed by atoms with van der Waals surface area (Å²) in [5.74, 6) is 0.647. The van der Waals surface area contributed by atoms with E-state index < -0.39 is 0 Å². The Morgan fingerprint density at radius 3 is 2.93 bits per heavy atom. The van der Waals surface area contributed by atoms with Gasteiger partial charge in [-0.3, -0.25) is 4.90 Å². The smallest absolute Gasteiger partial charge is 0.0593 e. The Bertz CT molecular complexity index is 162. The predicted molar refractivity (Wildman–Crippen MR) is 64.2 cm³/mol. The van der Waals surface area contributed by atoms with Crippen molar-refractivity contribution in [1.82, 2.24) is 10.2 Å². The molecule has 1 N–H and O–H groups in total. The van der Waals surface area contributed by atoms with Gasteiger partial charge < -0.3 is 10.1 Å². The lowest BCUT2D eigenvalue weighted by Gasteiger charge is -2.26. The fourth-order valence-electron chi connectivity index (χ4n) is 1.89. The van der Waals surface area contributed by atoms with Crippen molar-refractivity contribution in [1.29, 1.82) is 0 Å². The molecule has 1 unspecified atom stereocenters. The number of nitrogens with zero attached hydrogens (tertiary/aromatic N) is 1. The van der Waals surface area contributed by atoms with Crippen LogP contribution >= 0.6 is 0 Å². The molecule has 1 rings (SSSR count). The monoisotopic (exact) mass is 214 g/mol. The van der Waals surface area contributed by atoms with Crippen LogP contribution in [0.5, 0.6) is 0 Å². The van der Waals surface area contributed by atoms with Crippen LogP contribution in [0.25, 0.3) is 0 Å². The maximum Gasteiger partial charge on any atom is 0.0593 e. The maximum absolute atomic E-state index is 5.62. The van der Waals surface area contributed by atoms with Crippen LogP contribution in [0.4, 0.5) is 0 Å². The third kappa shape index (κ3) is 5.50. The number of rotatable bonds is 5. The van der Waals surface area contributed by atoms with Gasteiger partial charge in [0.15, 0.2) is 0 Å². The van der Waals surface area contributed by atoms with Crippen molar-refractivity contribution in [2.24, 2.45) is 5.92 Å². The van der Waals surface area contributed by atoms with Crippen molar-refractivity contribution >= 4 is 0 Å². The minimum Gasteiger partial charge on any atom is -0.380 e. The van der Waals surface area contributed by atoms with Gasteiger partial charge in [-0.25, -0.2) is 0 Å². The molecule has 1 aliphatic rings. The van der Waals surface area contributed by atoms with Crippen molar-refractivity contribution in [2.45, 2.75) is 33.2 Å². The van der Waals surface area contributed by atoms with Crippen LogP contribution in [0, 0.1) is 5.92 Å². The van der Waals surface area contributed by atoms with Gasteiger partial charge in [-0.1, -0.05) is 13.8 Å². The molecule has 15 heavy (non-hydrogen) atoms. The highest BCUT2D eigenvalue weighted by atomic mass is 16.5. The lowest BCUT2D eigenvalue weighted by atomic mass is 10.2. The number of nitrogens with one attached hydrogen (secondary N) is 1. The molecule has 0 aromatic carbocycles. The molecule has 1 aliphatic heterocycles. The van der Waals surface area contributed by atoms with E-state index in [0.717, 1.165) is 39.4 Å². The van der Waals surface area contributed by atoms with Crippen LogP contribution in [0.1, 0.15) is 27.2 Å². The van der Waals surface area contributed by atoms with Gasteiger partial charge in [0.05, 0.1) is 6.61 Å². The molecule has 1 atom stereocenters. The fraction of sp³-hybridized carbons (Fsp3) is 1.00. The van der Waals surface area contributed by atoms with E-state index in [0.29, 0.717) is 12.0 Å². The topological polar surface area (TPSA) is 24.5 Å². The average molecular weight is 214 g/mol. The van der Waals surface area contributed by atoms with Crippen LogP contribution in [0.2, 0.25) is 0 Å². The van der Waals surface area contributed by atoms with E-state index in [1.54, 1.807) is 0 Å². The Labute approximate surface area is 94.2 Å². The van der Waals surface area contributed by atoms with Crippen molar-refractivity contribution in [3.05, 3.63) is 0 Å². The third-order valence-corrected chi connectivity index (χ3v) is 2.91. The number of ether oxygens (including phenoxy) is 1. The van der Waals surface area contributed by atoms with E-state index in [9.17, 15) is 0 Å². The normalized spacial score (nSPS) is 24.4. The molecule has 90 valence electrons. The molecule has 3 heteroatoms. The summed E-state index contributed by atoms with van der Waals surface area (Å²) >= 11 is 0. The zero-order chi connectivity index (χ0) is 11.1. The van der Waals surface area contributed by atoms with Crippen molar-refractivity contribution < 1.29 is 4.74 Å². The average Bonchev–Trinajstić information content (AvgIpc) is 2.38. The van der Waals surface area contributed by atoms with Gasteiger partial charge in [-0.05, 0) is 25.8 Å². The Hall–Kier alpha value is -0.120. The van der Waals surface area contributed by atoms with Crippen LogP contribution in [-0.4, -0.2) is 50.3 Å². The van der Waals surface area contributed by atoms with Gasteiger partial charge in [-0.2, -0.15) is 0 Å². The van der Waals surface area contributed by atoms with Gasteiger partial charge in [0.1, 0.15) is 0 Å². The summed E-state index contributed by atoms with van der Waals surface area (Å²) in [7, 11) is 0. The lowest BCUT2D eigenvalue weighted by Crippen LogP contribution is -2.37. The minimum atomic E-state index is 0.647. The van der Waals surface area contributed by atoms with Crippen LogP contribution < -0.4 is 5.32 Å². The summed E-state index contributed by atoms with van der Waals surface area (Å²) in [4.78, 5) is 2.53. The second-order valence-corrected chi connectivity index (χ2v) is 4.89. The highest BCUT2D eigenvalue weighted by Crippen LogP contribution is 2.05. The van der Waals surface area contributed by atoms with Crippen LogP contribution in [0.15, 0.2) is 0 Å². The van der Waals surface area contributed by atoms with E-state index in [1.165, 1.54) is 6.42 Å². The summed E-state index contributed by atoms with van der Waals surface area (Å²) in [6.45, 7) is 13.0. The summed E-state index contributed by atoms with van der Waals surface area (Å²) in [5.41, 5.74) is 0. The second kappa shape index (κ2) is 7.20. The van der Waals surface area contributed by atoms with Gasteiger partial charge in [0.25, 0.3) is 0 Å².